The van der Waals surface area contributed by atoms with Gasteiger partial charge in [0, 0.05) is 6.42 Å². The summed E-state index contributed by atoms with van der Waals surface area (Å²) in [5.74, 6) is -0.0677. The lowest BCUT2D eigenvalue weighted by Crippen LogP contribution is -2.45. The molecule has 0 aliphatic rings. The van der Waals surface area contributed by atoms with Crippen LogP contribution in [0.4, 0.5) is 0 Å². The predicted molar refractivity (Wildman–Crippen MR) is 266 cm³/mol. The first kappa shape index (κ1) is 56.3. The summed E-state index contributed by atoms with van der Waals surface area (Å²) in [6.45, 7) is 4.16. The number of hydrogen-bond acceptors (Lipinski definition) is 3. The molecule has 2 unspecified atom stereocenters. The highest BCUT2D eigenvalue weighted by Gasteiger charge is 2.19. The molecule has 0 aliphatic carbocycles. The Balaban J connectivity index is 3.69. The minimum Gasteiger partial charge on any atom is -0.394 e. The lowest BCUT2D eigenvalue weighted by Gasteiger charge is -2.22. The number of allylic oxidation sites excluding steroid dienone is 24. The summed E-state index contributed by atoms with van der Waals surface area (Å²) < 4.78 is 0. The number of carbonyl (C=O) groups excluding carboxylic acids is 1. The molecule has 4 nitrogen and oxygen atoms in total. The monoisotopic (exact) mass is 824 g/mol. The number of amides is 1. The molecule has 60 heavy (non-hydrogen) atoms. The zero-order valence-corrected chi connectivity index (χ0v) is 38.4. The molecular formula is C56H89NO3. The lowest BCUT2D eigenvalue weighted by atomic mass is 10.0. The predicted octanol–water partition coefficient (Wildman–Crippen LogP) is 15.7. The van der Waals surface area contributed by atoms with Gasteiger partial charge in [0.25, 0.3) is 0 Å². The van der Waals surface area contributed by atoms with E-state index in [9.17, 15) is 15.0 Å². The Hall–Kier alpha value is -3.73. The van der Waals surface area contributed by atoms with Crippen LogP contribution in [-0.2, 0) is 4.79 Å². The molecule has 1 amide bonds. The van der Waals surface area contributed by atoms with Crippen molar-refractivity contribution in [2.75, 3.05) is 6.61 Å². The second-order valence-electron chi connectivity index (χ2n) is 15.4. The molecule has 0 aromatic heterocycles. The smallest absolute Gasteiger partial charge is 0.220 e. The van der Waals surface area contributed by atoms with E-state index in [1.165, 1.54) is 32.1 Å². The molecule has 0 fully saturated rings. The first-order valence-electron chi connectivity index (χ1n) is 24.0. The van der Waals surface area contributed by atoms with Crippen molar-refractivity contribution in [1.82, 2.24) is 5.32 Å². The average molecular weight is 824 g/mol. The molecule has 0 aromatic carbocycles. The third-order valence-electron chi connectivity index (χ3n) is 9.87. The summed E-state index contributed by atoms with van der Waals surface area (Å²) in [7, 11) is 0. The molecule has 0 aliphatic heterocycles. The molecule has 0 spiro atoms. The second kappa shape index (κ2) is 49.6. The van der Waals surface area contributed by atoms with Gasteiger partial charge >= 0.3 is 0 Å². The molecule has 3 N–H and O–H groups in total. The fraction of sp³-hybridized carbons (Fsp3) is 0.554. The molecule has 4 heteroatoms. The van der Waals surface area contributed by atoms with Crippen LogP contribution in [0.2, 0.25) is 0 Å². The Bertz CT molecular complexity index is 1300. The molecule has 2 atom stereocenters. The van der Waals surface area contributed by atoms with Crippen molar-refractivity contribution in [1.29, 1.82) is 0 Å². The summed E-state index contributed by atoms with van der Waals surface area (Å²) >= 11 is 0. The van der Waals surface area contributed by atoms with Gasteiger partial charge in [0.2, 0.25) is 5.91 Å². The van der Waals surface area contributed by atoms with Crippen molar-refractivity contribution < 1.29 is 15.0 Å². The standard InChI is InChI=1S/C56H89NO3/c1-3-5-7-9-11-12-13-14-15-16-17-18-19-20-21-22-23-24-25-26-27-28-29-30-31-32-33-34-35-36-37-38-39-40-41-42-43-44-46-48-50-52-56(60)57-54(53-58)55(59)51-49-47-45-10-8-6-4-2/h5,7,11-12,14-15,17-18,20-21,23-24,26-27,29-30,32-33,35-36,38-39,41-42,54-55,58-59H,3-4,6,8-10,13,16,19,22,25,28,31,34,37,40,43-53H2,1-2H3,(H,57,60)/b7-5-,12-11-,15-14-,18-17-,21-20-,24-23-,27-26-,30-29-,33-32-,36-35-,39-38-,42-41-. The summed E-state index contributed by atoms with van der Waals surface area (Å²) in [6, 6.07) is -0.557. The van der Waals surface area contributed by atoms with Crippen molar-refractivity contribution in [3.8, 4) is 0 Å². The molecule has 0 saturated heterocycles. The van der Waals surface area contributed by atoms with Gasteiger partial charge in [-0.25, -0.2) is 0 Å². The van der Waals surface area contributed by atoms with Gasteiger partial charge in [-0.05, 0) is 103 Å². The van der Waals surface area contributed by atoms with E-state index in [0.29, 0.717) is 12.8 Å². The number of aliphatic hydroxyl groups excluding tert-OH is 2. The molecule has 336 valence electrons. The van der Waals surface area contributed by atoms with E-state index in [4.69, 9.17) is 0 Å². The van der Waals surface area contributed by atoms with Gasteiger partial charge in [-0.3, -0.25) is 4.79 Å². The van der Waals surface area contributed by atoms with Crippen LogP contribution in [0, 0.1) is 0 Å². The first-order valence-corrected chi connectivity index (χ1v) is 24.0. The number of carbonyl (C=O) groups is 1. The van der Waals surface area contributed by atoms with Gasteiger partial charge in [-0.1, -0.05) is 217 Å². The SMILES string of the molecule is CC/C=C\C/C=C\C/C=C\C/C=C\C/C=C\C/C=C\C/C=C\C/C=C\C/C=C\C/C=C\C/C=C\C/C=C\CCCCCCC(=O)NC(CO)C(O)CCCCCCCCC. The lowest BCUT2D eigenvalue weighted by molar-refractivity contribution is -0.123. The zero-order valence-electron chi connectivity index (χ0n) is 38.4. The van der Waals surface area contributed by atoms with Crippen molar-refractivity contribution in [3.63, 3.8) is 0 Å². The quantitative estimate of drug-likeness (QED) is 0.0425. The Morgan fingerprint density at radius 1 is 0.417 bits per heavy atom. The van der Waals surface area contributed by atoms with Crippen LogP contribution in [-0.4, -0.2) is 34.9 Å². The van der Waals surface area contributed by atoms with Gasteiger partial charge in [-0.2, -0.15) is 0 Å². The normalized spacial score (nSPS) is 14.3. The Labute approximate surface area is 370 Å². The number of hydrogen-bond donors (Lipinski definition) is 3. The van der Waals surface area contributed by atoms with Crippen LogP contribution < -0.4 is 5.32 Å². The number of aliphatic hydroxyl groups is 2. The highest BCUT2D eigenvalue weighted by Crippen LogP contribution is 2.12. The van der Waals surface area contributed by atoms with Gasteiger partial charge in [0.05, 0.1) is 18.8 Å². The zero-order chi connectivity index (χ0) is 43.5. The Kier molecular flexibility index (Phi) is 46.5. The fourth-order valence-corrected chi connectivity index (χ4v) is 6.22. The summed E-state index contributed by atoms with van der Waals surface area (Å²) in [5, 5.41) is 22.9. The minimum atomic E-state index is -0.677. The third-order valence-corrected chi connectivity index (χ3v) is 9.87. The highest BCUT2D eigenvalue weighted by atomic mass is 16.3. The third kappa shape index (κ3) is 45.4. The van der Waals surface area contributed by atoms with Crippen LogP contribution in [0.5, 0.6) is 0 Å². The number of unbranched alkanes of at least 4 members (excludes halogenated alkanes) is 10. The average Bonchev–Trinajstić information content (AvgIpc) is 3.25. The molecule has 0 aromatic rings. The molecular weight excluding hydrogens is 735 g/mol. The number of nitrogens with one attached hydrogen (secondary N) is 1. The van der Waals surface area contributed by atoms with E-state index in [1.54, 1.807) is 0 Å². The largest absolute Gasteiger partial charge is 0.394 e. The van der Waals surface area contributed by atoms with Gasteiger partial charge in [0.1, 0.15) is 0 Å². The van der Waals surface area contributed by atoms with Crippen LogP contribution in [0.3, 0.4) is 0 Å². The van der Waals surface area contributed by atoms with E-state index in [-0.39, 0.29) is 12.5 Å². The van der Waals surface area contributed by atoms with E-state index in [2.05, 4.69) is 165 Å². The Morgan fingerprint density at radius 3 is 1.10 bits per heavy atom. The van der Waals surface area contributed by atoms with Crippen molar-refractivity contribution in [3.05, 3.63) is 146 Å². The van der Waals surface area contributed by atoms with E-state index < -0.39 is 12.1 Å². The van der Waals surface area contributed by atoms with Gasteiger partial charge in [0.15, 0.2) is 0 Å². The molecule has 0 bridgehead atoms. The van der Waals surface area contributed by atoms with E-state index in [1.807, 2.05) is 0 Å². The highest BCUT2D eigenvalue weighted by molar-refractivity contribution is 5.76. The molecule has 0 heterocycles. The van der Waals surface area contributed by atoms with Gasteiger partial charge in [-0.15, -0.1) is 0 Å². The Morgan fingerprint density at radius 2 is 0.733 bits per heavy atom. The van der Waals surface area contributed by atoms with Crippen molar-refractivity contribution in [2.24, 2.45) is 0 Å². The maximum atomic E-state index is 12.3. The number of rotatable bonds is 41. The van der Waals surface area contributed by atoms with E-state index in [0.717, 1.165) is 122 Å². The molecule has 0 saturated carbocycles. The molecule has 0 rings (SSSR count). The maximum Gasteiger partial charge on any atom is 0.220 e. The van der Waals surface area contributed by atoms with Crippen molar-refractivity contribution >= 4 is 5.91 Å². The maximum absolute atomic E-state index is 12.3. The fourth-order valence-electron chi connectivity index (χ4n) is 6.22. The summed E-state index contributed by atoms with van der Waals surface area (Å²) in [6.07, 6.45) is 79.6. The van der Waals surface area contributed by atoms with Crippen LogP contribution in [0.25, 0.3) is 0 Å². The summed E-state index contributed by atoms with van der Waals surface area (Å²) in [4.78, 5) is 12.3. The van der Waals surface area contributed by atoms with Crippen LogP contribution in [0.15, 0.2) is 146 Å². The van der Waals surface area contributed by atoms with E-state index >= 15 is 0 Å². The topological polar surface area (TPSA) is 69.6 Å². The van der Waals surface area contributed by atoms with Crippen LogP contribution >= 0.6 is 0 Å². The minimum absolute atomic E-state index is 0.0677. The first-order chi connectivity index (χ1) is 29.7. The van der Waals surface area contributed by atoms with Crippen molar-refractivity contribution in [2.45, 2.75) is 193 Å². The second-order valence-corrected chi connectivity index (χ2v) is 15.4. The summed E-state index contributed by atoms with van der Waals surface area (Å²) in [5.41, 5.74) is 0. The van der Waals surface area contributed by atoms with Crippen LogP contribution in [0.1, 0.15) is 181 Å². The molecule has 0 radical (unpaired) electrons. The van der Waals surface area contributed by atoms with Gasteiger partial charge < -0.3 is 15.5 Å².